The van der Waals surface area contributed by atoms with E-state index in [2.05, 4.69) is 20.5 Å². The van der Waals surface area contributed by atoms with Crippen molar-refractivity contribution in [3.05, 3.63) is 24.0 Å². The van der Waals surface area contributed by atoms with Crippen LogP contribution in [0, 0.1) is 24.7 Å². The van der Waals surface area contributed by atoms with Crippen molar-refractivity contribution in [3.63, 3.8) is 0 Å². The molecule has 16 nitrogen and oxygen atoms in total. The second-order valence-electron chi connectivity index (χ2n) is 19.9. The average Bonchev–Trinajstić information content (AvgIpc) is 3.22. The zero-order valence-corrected chi connectivity index (χ0v) is 40.9. The van der Waals surface area contributed by atoms with Gasteiger partial charge in [0, 0.05) is 38.2 Å². The molecular weight excluding hydrogens is 813 g/mol. The Morgan fingerprint density at radius 2 is 1.68 bits per heavy atom. The van der Waals surface area contributed by atoms with Gasteiger partial charge in [-0.2, -0.15) is 0 Å². The summed E-state index contributed by atoms with van der Waals surface area (Å²) in [6.45, 7) is 23.1. The number of esters is 1. The van der Waals surface area contributed by atoms with Crippen molar-refractivity contribution < 1.29 is 58.4 Å². The minimum absolute atomic E-state index is 0.0955. The van der Waals surface area contributed by atoms with Crippen LogP contribution in [0.15, 0.2) is 18.3 Å². The van der Waals surface area contributed by atoms with Crippen LogP contribution in [0.4, 0.5) is 0 Å². The van der Waals surface area contributed by atoms with Crippen LogP contribution in [0.3, 0.4) is 0 Å². The minimum atomic E-state index is -1.82. The third-order valence-corrected chi connectivity index (χ3v) is 14.2. The van der Waals surface area contributed by atoms with Crippen molar-refractivity contribution in [1.82, 2.24) is 20.5 Å². The average molecular weight is 897 g/mol. The number of ether oxygens (including phenoxy) is 7. The molecule has 0 amide bonds. The molecule has 18 atom stereocenters. The van der Waals surface area contributed by atoms with Crippen LogP contribution in [-0.4, -0.2) is 167 Å². The smallest absolute Gasteiger partial charge is 0.311 e. The number of aryl methyl sites for hydroxylation is 1. The van der Waals surface area contributed by atoms with Crippen LogP contribution in [-0.2, 0) is 33.2 Å². The molecule has 16 heteroatoms. The molecular formula is C47H84N4O12. The lowest BCUT2D eigenvalue weighted by Gasteiger charge is -2.53. The maximum atomic E-state index is 14.6. The maximum Gasteiger partial charge on any atom is 0.311 e. The number of hydrogen-bond acceptors (Lipinski definition) is 16. The largest absolute Gasteiger partial charge is 0.482 e. The summed E-state index contributed by atoms with van der Waals surface area (Å²) >= 11 is 0. The predicted octanol–water partition coefficient (Wildman–Crippen LogP) is 3.72. The van der Waals surface area contributed by atoms with E-state index >= 15 is 0 Å². The van der Waals surface area contributed by atoms with Crippen molar-refractivity contribution in [3.8, 4) is 5.75 Å². The SMILES string of the molecule is CCCNC[C@]1(O)[C@H](C)O[C@@H](OC2C(C)C(=O)OC(CC)C(C)(O)C(O)C(C)NCC(C)CC(C)(O)C(O[C@@H]3O[C@H](C)C[C@H](N(C)C)[C@H]3Oc3cccnc3C)C2C)C[C@@]1(C)OC. The Labute approximate surface area is 377 Å². The van der Waals surface area contributed by atoms with Crippen LogP contribution >= 0.6 is 0 Å². The molecule has 0 aliphatic carbocycles. The van der Waals surface area contributed by atoms with Gasteiger partial charge in [0.2, 0.25) is 0 Å². The fourth-order valence-electron chi connectivity index (χ4n) is 10.1. The molecule has 0 aromatic carbocycles. The highest BCUT2D eigenvalue weighted by Crippen LogP contribution is 2.43. The van der Waals surface area contributed by atoms with Gasteiger partial charge >= 0.3 is 5.97 Å². The van der Waals surface area contributed by atoms with E-state index in [0.29, 0.717) is 31.0 Å². The second-order valence-corrected chi connectivity index (χ2v) is 19.9. The number of rotatable bonds is 13. The van der Waals surface area contributed by atoms with Gasteiger partial charge in [-0.1, -0.05) is 27.7 Å². The van der Waals surface area contributed by atoms with E-state index in [1.807, 2.05) is 67.8 Å². The molecule has 4 rings (SSSR count). The van der Waals surface area contributed by atoms with Crippen molar-refractivity contribution in [2.75, 3.05) is 40.8 Å². The first-order chi connectivity index (χ1) is 29.4. The Hall–Kier alpha value is -2.06. The third-order valence-electron chi connectivity index (χ3n) is 14.2. The molecule has 3 fully saturated rings. The van der Waals surface area contributed by atoms with E-state index in [9.17, 15) is 25.2 Å². The summed E-state index contributed by atoms with van der Waals surface area (Å²) in [5.41, 5.74) is -5.29. The number of methoxy groups -OCH3 is 1. The molecule has 63 heavy (non-hydrogen) atoms. The molecule has 6 N–H and O–H groups in total. The van der Waals surface area contributed by atoms with Crippen LogP contribution in [0.25, 0.3) is 0 Å². The van der Waals surface area contributed by atoms with E-state index in [-0.39, 0.29) is 43.9 Å². The highest BCUT2D eigenvalue weighted by atomic mass is 16.7. The number of hydrogen-bond donors (Lipinski definition) is 6. The summed E-state index contributed by atoms with van der Waals surface area (Å²) in [5.74, 6) is -2.08. The van der Waals surface area contributed by atoms with Gasteiger partial charge in [0.1, 0.15) is 34.8 Å². The van der Waals surface area contributed by atoms with Crippen molar-refractivity contribution in [1.29, 1.82) is 0 Å². The summed E-state index contributed by atoms with van der Waals surface area (Å²) in [7, 11) is 5.52. The van der Waals surface area contributed by atoms with Crippen LogP contribution in [0.5, 0.6) is 5.75 Å². The molecule has 10 unspecified atom stereocenters. The molecule has 3 aliphatic heterocycles. The zero-order chi connectivity index (χ0) is 47.2. The Bertz CT molecular complexity index is 1590. The molecule has 0 saturated carbocycles. The van der Waals surface area contributed by atoms with Gasteiger partial charge in [0.15, 0.2) is 18.7 Å². The summed E-state index contributed by atoms with van der Waals surface area (Å²) in [6.07, 6.45) is -4.40. The number of nitrogens with one attached hydrogen (secondary N) is 2. The number of likely N-dealkylation sites (N-methyl/N-ethyl adjacent to an activating group) is 1. The van der Waals surface area contributed by atoms with Gasteiger partial charge in [0.25, 0.3) is 0 Å². The van der Waals surface area contributed by atoms with E-state index < -0.39 is 95.5 Å². The molecule has 0 spiro atoms. The van der Waals surface area contributed by atoms with Gasteiger partial charge < -0.3 is 69.1 Å². The number of aromatic nitrogens is 1. The molecule has 3 aliphatic rings. The number of carbonyl (C=O) groups is 1. The van der Waals surface area contributed by atoms with Crippen molar-refractivity contribution >= 4 is 5.97 Å². The topological polar surface area (TPSA) is 203 Å². The van der Waals surface area contributed by atoms with Gasteiger partial charge in [-0.05, 0) is 126 Å². The molecule has 1 aromatic rings. The van der Waals surface area contributed by atoms with Gasteiger partial charge in [-0.25, -0.2) is 0 Å². The summed E-state index contributed by atoms with van der Waals surface area (Å²) in [4.78, 5) is 21.1. The molecule has 1 aromatic heterocycles. The Kier molecular flexibility index (Phi) is 18.8. The number of carbonyl (C=O) groups excluding carboxylic acids is 1. The van der Waals surface area contributed by atoms with Gasteiger partial charge in [-0.3, -0.25) is 9.78 Å². The first-order valence-electron chi connectivity index (χ1n) is 23.3. The molecule has 3 saturated heterocycles. The highest BCUT2D eigenvalue weighted by Gasteiger charge is 2.58. The van der Waals surface area contributed by atoms with E-state index in [1.54, 1.807) is 47.9 Å². The van der Waals surface area contributed by atoms with Gasteiger partial charge in [-0.15, -0.1) is 0 Å². The quantitative estimate of drug-likeness (QED) is 0.124. The number of nitrogens with zero attached hydrogens (tertiary/aromatic N) is 2. The Morgan fingerprint density at radius 1 is 1.00 bits per heavy atom. The van der Waals surface area contributed by atoms with E-state index in [4.69, 9.17) is 33.2 Å². The maximum absolute atomic E-state index is 14.6. The molecule has 0 bridgehead atoms. The molecule has 4 heterocycles. The predicted molar refractivity (Wildman–Crippen MR) is 239 cm³/mol. The second kappa shape index (κ2) is 22.2. The number of cyclic esters (lactones) is 1. The number of aliphatic hydroxyl groups excluding tert-OH is 1. The lowest BCUT2D eigenvalue weighted by atomic mass is 9.75. The summed E-state index contributed by atoms with van der Waals surface area (Å²) in [5, 5.41) is 55.0. The van der Waals surface area contributed by atoms with Crippen LogP contribution in [0.2, 0.25) is 0 Å². The van der Waals surface area contributed by atoms with E-state index in [1.165, 1.54) is 6.92 Å². The highest BCUT2D eigenvalue weighted by molar-refractivity contribution is 5.73. The van der Waals surface area contributed by atoms with Crippen LogP contribution in [0.1, 0.15) is 114 Å². The first-order valence-corrected chi connectivity index (χ1v) is 23.3. The summed E-state index contributed by atoms with van der Waals surface area (Å²) in [6, 6.07) is 2.91. The van der Waals surface area contributed by atoms with Gasteiger partial charge in [0.05, 0.1) is 47.7 Å². The first kappa shape index (κ1) is 53.6. The fraction of sp³-hybridized carbons (Fsp3) is 0.872. The molecule has 0 radical (unpaired) electrons. The fourth-order valence-corrected chi connectivity index (χ4v) is 10.1. The third kappa shape index (κ3) is 12.3. The standard InChI is InChI=1S/C47H84N4O12/c1-16-20-48-26-47(56)33(9)59-37(24-45(47,11)57-15)62-38-29(5)41(63-43-39(34(51(13)14)22-28(4)58-43)60-35-19-18-21-49-31(35)7)44(10,54)23-27(3)25-50-32(8)40(52)46(12,55)36(17-2)61-42(53)30(38)6/h18-19,21,27-30,32-34,36-41,43,48,50,52,54-56H,16-17,20,22-26H2,1-15H3/t27?,28-,29?,30?,32?,33+,34+,36?,37+,38?,39-,40?,41?,43+,44?,45-,46?,47+/m1/s1. The number of aliphatic hydroxyl groups is 4. The lowest BCUT2D eigenvalue weighted by molar-refractivity contribution is -0.335. The zero-order valence-electron chi connectivity index (χ0n) is 40.9. The van der Waals surface area contributed by atoms with E-state index in [0.717, 1.165) is 6.42 Å². The normalized spacial score (nSPS) is 43.8. The Morgan fingerprint density at radius 3 is 2.29 bits per heavy atom. The van der Waals surface area contributed by atoms with Crippen LogP contribution < -0.4 is 15.4 Å². The summed E-state index contributed by atoms with van der Waals surface area (Å²) < 4.78 is 46.3. The van der Waals surface area contributed by atoms with Crippen molar-refractivity contribution in [2.45, 2.75) is 205 Å². The minimum Gasteiger partial charge on any atom is -0.482 e. The van der Waals surface area contributed by atoms with Crippen molar-refractivity contribution in [2.24, 2.45) is 17.8 Å². The lowest BCUT2D eigenvalue weighted by Crippen LogP contribution is -2.70. The molecule has 364 valence electrons. The monoisotopic (exact) mass is 897 g/mol. The Balaban J connectivity index is 1.87. The number of pyridine rings is 1.